The zero-order chi connectivity index (χ0) is 13.0. The van der Waals surface area contributed by atoms with Crippen molar-refractivity contribution in [3.63, 3.8) is 0 Å². The van der Waals surface area contributed by atoms with Gasteiger partial charge in [0.1, 0.15) is 5.82 Å². The largest absolute Gasteiger partial charge is 0.480 e. The maximum absolute atomic E-state index is 12.9. The van der Waals surface area contributed by atoms with Crippen LogP contribution in [0.1, 0.15) is 10.4 Å². The average molecular weight is 242 g/mol. The first-order chi connectivity index (χ1) is 7.95. The lowest BCUT2D eigenvalue weighted by atomic mass is 10.1. The van der Waals surface area contributed by atoms with Crippen LogP contribution in [0.2, 0.25) is 0 Å². The highest BCUT2D eigenvalue weighted by molar-refractivity contribution is 6.00. The van der Waals surface area contributed by atoms with Crippen LogP contribution in [0.15, 0.2) is 18.2 Å². The summed E-state index contributed by atoms with van der Waals surface area (Å²) in [5, 5.41) is 19.3. The fraction of sp³-hybridized carbons (Fsp3) is 0.200. The van der Waals surface area contributed by atoms with Gasteiger partial charge in [0.05, 0.1) is 12.2 Å². The van der Waals surface area contributed by atoms with Gasteiger partial charge in [0.2, 0.25) is 0 Å². The second-order valence-electron chi connectivity index (χ2n) is 3.28. The number of nitrogens with one attached hydrogen (secondary N) is 1. The summed E-state index contributed by atoms with van der Waals surface area (Å²) < 4.78 is 12.9. The number of nitrogens with two attached hydrogens (primary N) is 1. The van der Waals surface area contributed by atoms with E-state index in [2.05, 4.69) is 0 Å². The van der Waals surface area contributed by atoms with E-state index in [0.29, 0.717) is 0 Å². The summed E-state index contributed by atoms with van der Waals surface area (Å²) in [5.74, 6) is -2.92. The van der Waals surface area contributed by atoms with E-state index in [1.54, 1.807) is 0 Å². The number of benzene rings is 1. The molecular weight excluding hydrogens is 231 g/mol. The van der Waals surface area contributed by atoms with E-state index in [1.165, 1.54) is 6.07 Å². The minimum atomic E-state index is -1.45. The van der Waals surface area contributed by atoms with Crippen LogP contribution in [0.25, 0.3) is 0 Å². The third-order valence-corrected chi connectivity index (χ3v) is 2.05. The molecule has 17 heavy (non-hydrogen) atoms. The molecule has 5 N–H and O–H groups in total. The van der Waals surface area contributed by atoms with Crippen LogP contribution in [0, 0.1) is 5.82 Å². The monoisotopic (exact) mass is 242 g/mol. The summed E-state index contributed by atoms with van der Waals surface area (Å²) in [4.78, 5) is 22.1. The number of hydrogen-bond acceptors (Lipinski definition) is 4. The second-order valence-corrected chi connectivity index (χ2v) is 3.28. The number of carboxylic acids is 1. The number of nitrogen functional groups attached to an aromatic ring is 1. The first-order valence-electron chi connectivity index (χ1n) is 4.65. The molecule has 0 spiro atoms. The molecule has 1 amide bonds. The lowest BCUT2D eigenvalue weighted by Gasteiger charge is -2.12. The Morgan fingerprint density at radius 1 is 1.47 bits per heavy atom. The van der Waals surface area contributed by atoms with E-state index >= 15 is 0 Å². The van der Waals surface area contributed by atoms with E-state index in [-0.39, 0.29) is 11.3 Å². The lowest BCUT2D eigenvalue weighted by molar-refractivity contribution is -0.140. The molecule has 7 heteroatoms. The van der Waals surface area contributed by atoms with Gasteiger partial charge in [-0.2, -0.15) is 0 Å². The maximum atomic E-state index is 12.9. The predicted octanol–water partition coefficient (Wildman–Crippen LogP) is -0.417. The number of carbonyl (C=O) groups excluding carboxylic acids is 1. The van der Waals surface area contributed by atoms with E-state index in [1.807, 2.05) is 5.32 Å². The Labute approximate surface area is 95.9 Å². The third kappa shape index (κ3) is 3.15. The maximum Gasteiger partial charge on any atom is 0.328 e. The molecule has 1 aromatic rings. The molecule has 0 fully saturated rings. The Morgan fingerprint density at radius 2 is 2.12 bits per heavy atom. The number of aliphatic carboxylic acids is 1. The molecule has 1 rings (SSSR count). The number of carbonyl (C=O) groups is 2. The summed E-state index contributed by atoms with van der Waals surface area (Å²) in [6.07, 6.45) is 0. The highest BCUT2D eigenvalue weighted by Crippen LogP contribution is 2.13. The number of aliphatic hydroxyl groups is 1. The van der Waals surface area contributed by atoms with E-state index in [0.717, 1.165) is 12.1 Å². The standard InChI is InChI=1S/C10H11FN2O4/c11-5-1-2-7(12)6(3-5)9(15)13-8(4-14)10(16)17/h1-3,8,14H,4,12H2,(H,13,15)(H,16,17)/t8-/m1/s1. The summed E-state index contributed by atoms with van der Waals surface area (Å²) in [6, 6.07) is 1.71. The number of halogens is 1. The van der Waals surface area contributed by atoms with Crippen LogP contribution in [0.3, 0.4) is 0 Å². The Bertz CT molecular complexity index is 450. The number of carboxylic acid groups (broad SMARTS) is 1. The van der Waals surface area contributed by atoms with E-state index < -0.39 is 30.3 Å². The van der Waals surface area contributed by atoms with Gasteiger partial charge in [-0.15, -0.1) is 0 Å². The number of hydrogen-bond donors (Lipinski definition) is 4. The molecule has 0 aliphatic heterocycles. The molecule has 0 saturated heterocycles. The molecule has 0 bridgehead atoms. The van der Waals surface area contributed by atoms with Crippen molar-refractivity contribution in [2.75, 3.05) is 12.3 Å². The molecule has 1 atom stereocenters. The van der Waals surface area contributed by atoms with E-state index in [9.17, 15) is 14.0 Å². The van der Waals surface area contributed by atoms with Gasteiger partial charge in [0.25, 0.3) is 5.91 Å². The van der Waals surface area contributed by atoms with Crippen LogP contribution in [-0.2, 0) is 4.79 Å². The molecule has 0 radical (unpaired) electrons. The van der Waals surface area contributed by atoms with Crippen LogP contribution >= 0.6 is 0 Å². The topological polar surface area (TPSA) is 113 Å². The highest BCUT2D eigenvalue weighted by Gasteiger charge is 2.20. The zero-order valence-corrected chi connectivity index (χ0v) is 8.68. The van der Waals surface area contributed by atoms with Gasteiger partial charge in [0, 0.05) is 5.69 Å². The van der Waals surface area contributed by atoms with Gasteiger partial charge in [-0.3, -0.25) is 4.79 Å². The molecule has 0 unspecified atom stereocenters. The van der Waals surface area contributed by atoms with Crippen LogP contribution in [-0.4, -0.2) is 34.7 Å². The van der Waals surface area contributed by atoms with Crippen LogP contribution in [0.4, 0.5) is 10.1 Å². The van der Waals surface area contributed by atoms with Crippen molar-refractivity contribution < 1.29 is 24.2 Å². The van der Waals surface area contributed by atoms with Crippen molar-refractivity contribution in [3.05, 3.63) is 29.6 Å². The van der Waals surface area contributed by atoms with Crippen LogP contribution in [0.5, 0.6) is 0 Å². The second kappa shape index (κ2) is 5.26. The summed E-state index contributed by atoms with van der Waals surface area (Å²) >= 11 is 0. The van der Waals surface area contributed by atoms with Gasteiger partial charge in [-0.25, -0.2) is 9.18 Å². The lowest BCUT2D eigenvalue weighted by Crippen LogP contribution is -2.43. The van der Waals surface area contributed by atoms with Crippen molar-refractivity contribution in [3.8, 4) is 0 Å². The normalized spacial score (nSPS) is 11.9. The molecule has 92 valence electrons. The number of amides is 1. The van der Waals surface area contributed by atoms with E-state index in [4.69, 9.17) is 15.9 Å². The molecule has 0 aliphatic rings. The first kappa shape index (κ1) is 12.9. The smallest absolute Gasteiger partial charge is 0.328 e. The minimum Gasteiger partial charge on any atom is -0.480 e. The van der Waals surface area contributed by atoms with Crippen LogP contribution < -0.4 is 11.1 Å². The zero-order valence-electron chi connectivity index (χ0n) is 8.68. The number of anilines is 1. The SMILES string of the molecule is Nc1ccc(F)cc1C(=O)N[C@H](CO)C(=O)O. The molecule has 0 heterocycles. The Hall–Kier alpha value is -2.15. The molecule has 0 saturated carbocycles. The minimum absolute atomic E-state index is 0.0194. The van der Waals surface area contributed by atoms with Crippen molar-refractivity contribution in [2.45, 2.75) is 6.04 Å². The highest BCUT2D eigenvalue weighted by atomic mass is 19.1. The fourth-order valence-electron chi connectivity index (χ4n) is 1.15. The molecule has 0 aliphatic carbocycles. The van der Waals surface area contributed by atoms with Gasteiger partial charge >= 0.3 is 5.97 Å². The molecule has 1 aromatic carbocycles. The summed E-state index contributed by atoms with van der Waals surface area (Å²) in [6.45, 7) is -0.768. The first-order valence-corrected chi connectivity index (χ1v) is 4.65. The Morgan fingerprint density at radius 3 is 2.65 bits per heavy atom. The summed E-state index contributed by atoms with van der Waals surface area (Å²) in [7, 11) is 0. The van der Waals surface area contributed by atoms with Crippen molar-refractivity contribution >= 4 is 17.6 Å². The average Bonchev–Trinajstić information content (AvgIpc) is 2.28. The van der Waals surface area contributed by atoms with Crippen molar-refractivity contribution in [1.29, 1.82) is 0 Å². The molecular formula is C10H11FN2O4. The molecule has 6 nitrogen and oxygen atoms in total. The Kier molecular flexibility index (Phi) is 4.00. The van der Waals surface area contributed by atoms with Gasteiger partial charge in [-0.05, 0) is 18.2 Å². The number of rotatable bonds is 4. The van der Waals surface area contributed by atoms with Gasteiger partial charge < -0.3 is 21.3 Å². The number of aliphatic hydroxyl groups excluding tert-OH is 1. The van der Waals surface area contributed by atoms with Gasteiger partial charge in [0.15, 0.2) is 6.04 Å². The quantitative estimate of drug-likeness (QED) is 0.536. The fourth-order valence-corrected chi connectivity index (χ4v) is 1.15. The van der Waals surface area contributed by atoms with Crippen molar-refractivity contribution in [2.24, 2.45) is 0 Å². The predicted molar refractivity (Wildman–Crippen MR) is 56.8 cm³/mol. The summed E-state index contributed by atoms with van der Waals surface area (Å²) in [5.41, 5.74) is 5.29. The third-order valence-electron chi connectivity index (χ3n) is 2.05. The van der Waals surface area contributed by atoms with Crippen molar-refractivity contribution in [1.82, 2.24) is 5.32 Å². The molecule has 0 aromatic heterocycles. The Balaban J connectivity index is 2.89. The van der Waals surface area contributed by atoms with Gasteiger partial charge in [-0.1, -0.05) is 0 Å².